The van der Waals surface area contributed by atoms with Crippen LogP contribution in [0.2, 0.25) is 0 Å². The fourth-order valence-electron chi connectivity index (χ4n) is 4.45. The molecule has 0 aliphatic carbocycles. The van der Waals surface area contributed by atoms with Crippen LogP contribution in [0.1, 0.15) is 44.4 Å². The summed E-state index contributed by atoms with van der Waals surface area (Å²) in [5, 5.41) is 5.45. The van der Waals surface area contributed by atoms with E-state index < -0.39 is 12.0 Å². The second kappa shape index (κ2) is 13.5. The van der Waals surface area contributed by atoms with Gasteiger partial charge in [0.05, 0.1) is 43.6 Å². The van der Waals surface area contributed by atoms with Crippen molar-refractivity contribution in [2.75, 3.05) is 27.4 Å². The summed E-state index contributed by atoms with van der Waals surface area (Å²) >= 11 is 1.42. The SMILES string of the molecule is COCCNC(=O)CC1=CSC2=NC(C)=C(C(=O)OC(C)C)[C@H](c3ccc(OCc4ccccc4)c(OC)c3)N12. The molecule has 0 fully saturated rings. The molecule has 2 aliphatic rings. The zero-order valence-electron chi connectivity index (χ0n) is 23.4. The van der Waals surface area contributed by atoms with Crippen molar-refractivity contribution in [1.29, 1.82) is 0 Å². The summed E-state index contributed by atoms with van der Waals surface area (Å²) < 4.78 is 22.5. The number of thioether (sulfide) groups is 1. The van der Waals surface area contributed by atoms with Crippen LogP contribution in [0.25, 0.3) is 0 Å². The standard InChI is InChI=1S/C30H35N3O6S/c1-19(2)39-29(35)27-20(3)32-30-33(23(18-40-30)16-26(34)31-13-14-36-4)28(27)22-11-12-24(25(15-22)37-5)38-17-21-9-7-6-8-10-21/h6-12,15,18-19,28H,13-14,16-17H2,1-5H3,(H,31,34)/t28-/m0/s1. The van der Waals surface area contributed by atoms with Crippen molar-refractivity contribution in [3.8, 4) is 11.5 Å². The van der Waals surface area contributed by atoms with E-state index in [1.165, 1.54) is 11.8 Å². The smallest absolute Gasteiger partial charge is 0.338 e. The Morgan fingerprint density at radius 1 is 1.10 bits per heavy atom. The summed E-state index contributed by atoms with van der Waals surface area (Å²) in [5.74, 6) is 0.505. The van der Waals surface area contributed by atoms with Crippen molar-refractivity contribution in [2.45, 2.75) is 45.9 Å². The van der Waals surface area contributed by atoms with Gasteiger partial charge in [-0.05, 0) is 49.4 Å². The molecule has 2 heterocycles. The minimum absolute atomic E-state index is 0.118. The van der Waals surface area contributed by atoms with Gasteiger partial charge in [-0.2, -0.15) is 0 Å². The first-order valence-corrected chi connectivity index (χ1v) is 14.0. The minimum atomic E-state index is -0.580. The average molecular weight is 566 g/mol. The highest BCUT2D eigenvalue weighted by molar-refractivity contribution is 8.16. The molecule has 40 heavy (non-hydrogen) atoms. The highest BCUT2D eigenvalue weighted by Gasteiger charge is 2.41. The summed E-state index contributed by atoms with van der Waals surface area (Å²) in [6.45, 7) is 6.64. The van der Waals surface area contributed by atoms with E-state index in [9.17, 15) is 9.59 Å². The molecule has 2 aromatic carbocycles. The number of methoxy groups -OCH3 is 2. The first-order valence-electron chi connectivity index (χ1n) is 13.1. The van der Waals surface area contributed by atoms with Gasteiger partial charge in [0.2, 0.25) is 5.91 Å². The molecule has 2 aliphatic heterocycles. The molecular weight excluding hydrogens is 530 g/mol. The average Bonchev–Trinajstić information content (AvgIpc) is 3.32. The van der Waals surface area contributed by atoms with E-state index in [-0.39, 0.29) is 18.4 Å². The van der Waals surface area contributed by atoms with Gasteiger partial charge in [0.1, 0.15) is 6.61 Å². The van der Waals surface area contributed by atoms with Crippen molar-refractivity contribution in [3.05, 3.63) is 82.0 Å². The zero-order chi connectivity index (χ0) is 28.6. The number of ether oxygens (including phenoxy) is 4. The number of carbonyl (C=O) groups is 2. The third-order valence-corrected chi connectivity index (χ3v) is 7.16. The van der Waals surface area contributed by atoms with Crippen molar-refractivity contribution in [2.24, 2.45) is 4.99 Å². The topological polar surface area (TPSA) is 98.7 Å². The molecule has 0 radical (unpaired) electrons. The van der Waals surface area contributed by atoms with Gasteiger partial charge in [-0.3, -0.25) is 4.79 Å². The number of esters is 1. The number of rotatable bonds is 12. The Hall–Kier alpha value is -3.76. The molecule has 10 heteroatoms. The van der Waals surface area contributed by atoms with E-state index in [4.69, 9.17) is 23.9 Å². The van der Waals surface area contributed by atoms with Gasteiger partial charge in [0.15, 0.2) is 16.7 Å². The van der Waals surface area contributed by atoms with Crippen LogP contribution in [0, 0.1) is 0 Å². The quantitative estimate of drug-likeness (QED) is 0.285. The van der Waals surface area contributed by atoms with Crippen LogP contribution in [0.3, 0.4) is 0 Å². The Balaban J connectivity index is 1.68. The van der Waals surface area contributed by atoms with E-state index in [2.05, 4.69) is 5.32 Å². The Kier molecular flexibility index (Phi) is 9.89. The summed E-state index contributed by atoms with van der Waals surface area (Å²) in [5.41, 5.74) is 3.52. The van der Waals surface area contributed by atoms with E-state index in [1.807, 2.05) is 72.7 Å². The van der Waals surface area contributed by atoms with Crippen molar-refractivity contribution in [1.82, 2.24) is 10.2 Å². The van der Waals surface area contributed by atoms with Gasteiger partial charge in [0, 0.05) is 19.4 Å². The van der Waals surface area contributed by atoms with Gasteiger partial charge in [-0.15, -0.1) is 0 Å². The van der Waals surface area contributed by atoms with E-state index >= 15 is 0 Å². The third kappa shape index (κ3) is 6.86. The third-order valence-electron chi connectivity index (χ3n) is 6.27. The lowest BCUT2D eigenvalue weighted by Crippen LogP contribution is -2.38. The molecule has 0 aromatic heterocycles. The maximum atomic E-state index is 13.4. The Labute approximate surface area is 239 Å². The number of allylic oxidation sites excluding steroid dienone is 1. The van der Waals surface area contributed by atoms with Crippen LogP contribution >= 0.6 is 11.8 Å². The monoisotopic (exact) mass is 565 g/mol. The van der Waals surface area contributed by atoms with Crippen molar-refractivity contribution >= 4 is 28.8 Å². The largest absolute Gasteiger partial charge is 0.493 e. The lowest BCUT2D eigenvalue weighted by atomic mass is 9.93. The van der Waals surface area contributed by atoms with Gasteiger partial charge in [0.25, 0.3) is 0 Å². The second-order valence-corrected chi connectivity index (χ2v) is 10.4. The number of aliphatic imine (C=N–C) groups is 1. The number of nitrogens with one attached hydrogen (secondary N) is 1. The molecule has 1 atom stereocenters. The number of nitrogens with zero attached hydrogens (tertiary/aromatic N) is 2. The lowest BCUT2D eigenvalue weighted by molar-refractivity contribution is -0.143. The van der Waals surface area contributed by atoms with Gasteiger partial charge < -0.3 is 29.2 Å². The first kappa shape index (κ1) is 29.2. The normalized spacial score (nSPS) is 16.4. The molecule has 2 aromatic rings. The molecule has 0 unspecified atom stereocenters. The van der Waals surface area contributed by atoms with Gasteiger partial charge in [-0.25, -0.2) is 9.79 Å². The Morgan fingerprint density at radius 3 is 2.58 bits per heavy atom. The van der Waals surface area contributed by atoms with Crippen LogP contribution in [0.4, 0.5) is 0 Å². The van der Waals surface area contributed by atoms with E-state index in [0.717, 1.165) is 16.8 Å². The fourth-order valence-corrected chi connectivity index (χ4v) is 5.42. The minimum Gasteiger partial charge on any atom is -0.493 e. The second-order valence-electron chi connectivity index (χ2n) is 9.55. The van der Waals surface area contributed by atoms with Crippen molar-refractivity contribution < 1.29 is 28.5 Å². The molecule has 0 bridgehead atoms. The Bertz CT molecular complexity index is 1320. The molecule has 1 N–H and O–H groups in total. The molecule has 0 saturated carbocycles. The van der Waals surface area contributed by atoms with Gasteiger partial charge >= 0.3 is 5.97 Å². The fraction of sp³-hybridized carbons (Fsp3) is 0.367. The number of hydrogen-bond donors (Lipinski definition) is 1. The van der Waals surface area contributed by atoms with Crippen LogP contribution < -0.4 is 14.8 Å². The van der Waals surface area contributed by atoms with Crippen LogP contribution in [0.15, 0.2) is 75.9 Å². The molecule has 0 spiro atoms. The summed E-state index contributed by atoms with van der Waals surface area (Å²) in [7, 11) is 3.17. The number of carbonyl (C=O) groups excluding carboxylic acids is 2. The summed E-state index contributed by atoms with van der Waals surface area (Å²) in [4.78, 5) is 32.8. The van der Waals surface area contributed by atoms with Crippen molar-refractivity contribution in [3.63, 3.8) is 0 Å². The van der Waals surface area contributed by atoms with Crippen LogP contribution in [-0.2, 0) is 25.7 Å². The number of amidine groups is 1. The van der Waals surface area contributed by atoms with Crippen LogP contribution in [0.5, 0.6) is 11.5 Å². The maximum Gasteiger partial charge on any atom is 0.338 e. The Morgan fingerprint density at radius 2 is 1.88 bits per heavy atom. The van der Waals surface area contributed by atoms with E-state index in [1.54, 1.807) is 21.1 Å². The first-order chi connectivity index (χ1) is 19.3. The maximum absolute atomic E-state index is 13.4. The molecule has 9 nitrogen and oxygen atoms in total. The number of amides is 1. The number of hydrogen-bond acceptors (Lipinski definition) is 9. The van der Waals surface area contributed by atoms with E-state index in [0.29, 0.717) is 47.7 Å². The predicted molar refractivity (Wildman–Crippen MR) is 155 cm³/mol. The lowest BCUT2D eigenvalue weighted by Gasteiger charge is -2.36. The molecule has 1 amide bonds. The van der Waals surface area contributed by atoms with Crippen LogP contribution in [-0.4, -0.2) is 55.4 Å². The zero-order valence-corrected chi connectivity index (χ0v) is 24.2. The molecule has 4 rings (SSSR count). The summed E-state index contributed by atoms with van der Waals surface area (Å²) in [6.07, 6.45) is -0.190. The highest BCUT2D eigenvalue weighted by atomic mass is 32.2. The number of fused-ring (bicyclic) bond motifs is 1. The molecule has 212 valence electrons. The predicted octanol–water partition coefficient (Wildman–Crippen LogP) is 4.95. The highest BCUT2D eigenvalue weighted by Crippen LogP contribution is 2.46. The summed E-state index contributed by atoms with van der Waals surface area (Å²) in [6, 6.07) is 14.9. The number of benzene rings is 2. The molecular formula is C30H35N3O6S. The molecule has 0 saturated heterocycles. The van der Waals surface area contributed by atoms with Gasteiger partial charge in [-0.1, -0.05) is 48.2 Å².